The van der Waals surface area contributed by atoms with E-state index in [0.29, 0.717) is 0 Å². The Morgan fingerprint density at radius 3 is 1.42 bits per heavy atom. The molecule has 0 aromatic heterocycles. The molecule has 0 aromatic carbocycles. The van der Waals surface area contributed by atoms with Crippen LogP contribution in [0.25, 0.3) is 0 Å². The third-order valence-electron chi connectivity index (χ3n) is 1.11. The molecule has 0 fully saturated rings. The van der Waals surface area contributed by atoms with Crippen LogP contribution in [-0.4, -0.2) is 11.5 Å². The highest BCUT2D eigenvalue weighted by Gasteiger charge is 1.91. The molecule has 0 nitrogen and oxygen atoms in total. The average Bonchev–Trinajstić information content (AvgIpc) is 1.95. The van der Waals surface area contributed by atoms with Gasteiger partial charge < -0.3 is 0 Å². The summed E-state index contributed by atoms with van der Waals surface area (Å²) in [6, 6.07) is 0. The molecule has 0 aliphatic heterocycles. The zero-order valence-corrected chi connectivity index (χ0v) is 10.2. The van der Waals surface area contributed by atoms with Crippen molar-refractivity contribution in [2.45, 2.75) is 27.7 Å². The summed E-state index contributed by atoms with van der Waals surface area (Å²) in [5.41, 5.74) is 0. The first-order valence-corrected chi connectivity index (χ1v) is 6.61. The minimum Gasteiger partial charge on any atom is -0.133 e. The fraction of sp³-hybridized carbons (Fsp3) is 0.800. The normalized spacial score (nSPS) is 12.2. The minimum atomic E-state index is 0.801. The summed E-state index contributed by atoms with van der Waals surface area (Å²) in [7, 11) is 0. The molecule has 0 amide bonds. The first-order valence-electron chi connectivity index (χ1n) is 4.51. The predicted octanol–water partition coefficient (Wildman–Crippen LogP) is 4.24. The van der Waals surface area contributed by atoms with E-state index >= 15 is 0 Å². The Hall–Kier alpha value is 0.440. The van der Waals surface area contributed by atoms with Crippen LogP contribution in [-0.2, 0) is 0 Å². The van der Waals surface area contributed by atoms with E-state index in [0.717, 1.165) is 11.8 Å². The highest BCUT2D eigenvalue weighted by atomic mass is 32.2. The monoisotopic (exact) mass is 204 g/mol. The maximum Gasteiger partial charge on any atom is -0.000266 e. The SMILES string of the molecule is CC(C)CSC=CSCC(C)C. The maximum atomic E-state index is 2.25. The lowest BCUT2D eigenvalue weighted by Crippen LogP contribution is -1.88. The van der Waals surface area contributed by atoms with Gasteiger partial charge in [0.15, 0.2) is 0 Å². The molecule has 0 aromatic rings. The molecule has 0 atom stereocenters. The number of hydrogen-bond acceptors (Lipinski definition) is 2. The van der Waals surface area contributed by atoms with Crippen molar-refractivity contribution in [2.75, 3.05) is 11.5 Å². The number of thioether (sulfide) groups is 2. The average molecular weight is 204 g/mol. The molecule has 0 aliphatic carbocycles. The summed E-state index contributed by atoms with van der Waals surface area (Å²) < 4.78 is 0. The van der Waals surface area contributed by atoms with Crippen LogP contribution in [0, 0.1) is 11.8 Å². The zero-order chi connectivity index (χ0) is 9.40. The second kappa shape index (κ2) is 8.06. The first-order chi connectivity index (χ1) is 5.63. The van der Waals surface area contributed by atoms with Crippen LogP contribution in [0.15, 0.2) is 10.8 Å². The molecular formula is C10H20S2. The van der Waals surface area contributed by atoms with Crippen LogP contribution >= 0.6 is 23.5 Å². The highest BCUT2D eigenvalue weighted by molar-refractivity contribution is 8.05. The second-order valence-electron chi connectivity index (χ2n) is 3.73. The van der Waals surface area contributed by atoms with Crippen LogP contribution in [0.4, 0.5) is 0 Å². The van der Waals surface area contributed by atoms with E-state index in [-0.39, 0.29) is 0 Å². The second-order valence-corrected chi connectivity index (χ2v) is 5.60. The van der Waals surface area contributed by atoms with Crippen molar-refractivity contribution in [1.29, 1.82) is 0 Å². The third kappa shape index (κ3) is 10.4. The van der Waals surface area contributed by atoms with Gasteiger partial charge in [0.05, 0.1) is 0 Å². The molecule has 0 aliphatic rings. The molecule has 0 heterocycles. The van der Waals surface area contributed by atoms with Gasteiger partial charge in [0, 0.05) is 0 Å². The molecule has 72 valence electrons. The third-order valence-corrected chi connectivity index (χ3v) is 3.65. The highest BCUT2D eigenvalue weighted by Crippen LogP contribution is 2.14. The zero-order valence-electron chi connectivity index (χ0n) is 8.54. The van der Waals surface area contributed by atoms with Gasteiger partial charge >= 0.3 is 0 Å². The molecule has 0 N–H and O–H groups in total. The molecule has 12 heavy (non-hydrogen) atoms. The van der Waals surface area contributed by atoms with E-state index in [1.807, 2.05) is 23.5 Å². The molecule has 0 spiro atoms. The van der Waals surface area contributed by atoms with Crippen molar-refractivity contribution in [3.63, 3.8) is 0 Å². The van der Waals surface area contributed by atoms with Gasteiger partial charge in [0.2, 0.25) is 0 Å². The van der Waals surface area contributed by atoms with Crippen molar-refractivity contribution in [1.82, 2.24) is 0 Å². The largest absolute Gasteiger partial charge is 0.133 e. The van der Waals surface area contributed by atoms with Gasteiger partial charge in [-0.2, -0.15) is 0 Å². The van der Waals surface area contributed by atoms with Crippen LogP contribution in [0.5, 0.6) is 0 Å². The Labute approximate surface area is 85.6 Å². The van der Waals surface area contributed by atoms with Crippen molar-refractivity contribution in [2.24, 2.45) is 11.8 Å². The van der Waals surface area contributed by atoms with Gasteiger partial charge in [0.25, 0.3) is 0 Å². The van der Waals surface area contributed by atoms with Crippen molar-refractivity contribution in [3.8, 4) is 0 Å². The minimum absolute atomic E-state index is 0.801. The molecule has 0 bridgehead atoms. The van der Waals surface area contributed by atoms with Gasteiger partial charge in [-0.25, -0.2) is 0 Å². The van der Waals surface area contributed by atoms with E-state index in [1.165, 1.54) is 11.5 Å². The lowest BCUT2D eigenvalue weighted by atomic mass is 10.3. The van der Waals surface area contributed by atoms with E-state index in [4.69, 9.17) is 0 Å². The van der Waals surface area contributed by atoms with Crippen LogP contribution in [0.3, 0.4) is 0 Å². The van der Waals surface area contributed by atoms with Crippen molar-refractivity contribution < 1.29 is 0 Å². The summed E-state index contributed by atoms with van der Waals surface area (Å²) in [5, 5.41) is 4.43. The molecule has 0 saturated carbocycles. The number of hydrogen-bond donors (Lipinski definition) is 0. The van der Waals surface area contributed by atoms with Gasteiger partial charge in [-0.15, -0.1) is 23.5 Å². The van der Waals surface area contributed by atoms with E-state index in [9.17, 15) is 0 Å². The van der Waals surface area contributed by atoms with Crippen molar-refractivity contribution in [3.05, 3.63) is 10.8 Å². The van der Waals surface area contributed by atoms with Gasteiger partial charge in [0.1, 0.15) is 0 Å². The van der Waals surface area contributed by atoms with Gasteiger partial charge in [-0.1, -0.05) is 27.7 Å². The van der Waals surface area contributed by atoms with Gasteiger partial charge in [-0.05, 0) is 34.2 Å². The van der Waals surface area contributed by atoms with E-state index in [2.05, 4.69) is 38.5 Å². The summed E-state index contributed by atoms with van der Waals surface area (Å²) in [6.07, 6.45) is 0. The first kappa shape index (κ1) is 12.4. The Kier molecular flexibility index (Phi) is 8.35. The summed E-state index contributed by atoms with van der Waals surface area (Å²) in [4.78, 5) is 0. The standard InChI is InChI=1S/C10H20S2/c1-9(2)7-11-5-6-12-8-10(3)4/h5-6,9-10H,7-8H2,1-4H3. The van der Waals surface area contributed by atoms with E-state index < -0.39 is 0 Å². The summed E-state index contributed by atoms with van der Waals surface area (Å²) in [6.45, 7) is 9.01. The molecule has 0 radical (unpaired) electrons. The predicted molar refractivity (Wildman–Crippen MR) is 63.7 cm³/mol. The fourth-order valence-electron chi connectivity index (χ4n) is 0.575. The Morgan fingerprint density at radius 2 is 1.17 bits per heavy atom. The summed E-state index contributed by atoms with van der Waals surface area (Å²) in [5.74, 6) is 4.07. The Morgan fingerprint density at radius 1 is 0.833 bits per heavy atom. The Balaban J connectivity index is 3.15. The molecule has 2 heteroatoms. The topological polar surface area (TPSA) is 0 Å². The smallest absolute Gasteiger partial charge is 0.000266 e. The summed E-state index contributed by atoms with van der Waals surface area (Å²) >= 11 is 3.82. The maximum absolute atomic E-state index is 2.25. The van der Waals surface area contributed by atoms with Crippen LogP contribution in [0.2, 0.25) is 0 Å². The molecular weight excluding hydrogens is 184 g/mol. The molecule has 0 rings (SSSR count). The lowest BCUT2D eigenvalue weighted by Gasteiger charge is -2.00. The van der Waals surface area contributed by atoms with Gasteiger partial charge in [-0.3, -0.25) is 0 Å². The lowest BCUT2D eigenvalue weighted by molar-refractivity contribution is 0.751. The molecule has 0 unspecified atom stereocenters. The van der Waals surface area contributed by atoms with Crippen molar-refractivity contribution >= 4 is 23.5 Å². The Bertz CT molecular complexity index is 103. The quantitative estimate of drug-likeness (QED) is 0.635. The van der Waals surface area contributed by atoms with Crippen LogP contribution in [0.1, 0.15) is 27.7 Å². The van der Waals surface area contributed by atoms with E-state index in [1.54, 1.807) is 0 Å². The van der Waals surface area contributed by atoms with Crippen LogP contribution < -0.4 is 0 Å². The number of rotatable bonds is 6. The fourth-order valence-corrected chi connectivity index (χ4v) is 2.20. The molecule has 0 saturated heterocycles.